The number of urea groups is 1. The summed E-state index contributed by atoms with van der Waals surface area (Å²) >= 11 is 0. The fourth-order valence-corrected chi connectivity index (χ4v) is 2.30. The van der Waals surface area contributed by atoms with E-state index in [4.69, 9.17) is 4.74 Å². The summed E-state index contributed by atoms with van der Waals surface area (Å²) in [4.78, 5) is 12.1. The maximum atomic E-state index is 12.1. The van der Waals surface area contributed by atoms with E-state index in [-0.39, 0.29) is 11.9 Å². The molecule has 0 radical (unpaired) electrons. The van der Waals surface area contributed by atoms with Crippen molar-refractivity contribution < 1.29 is 9.53 Å². The summed E-state index contributed by atoms with van der Waals surface area (Å²) < 4.78 is 6.98. The predicted molar refractivity (Wildman–Crippen MR) is 93.4 cm³/mol. The van der Waals surface area contributed by atoms with E-state index in [1.807, 2.05) is 45.0 Å². The Morgan fingerprint density at radius 2 is 2.00 bits per heavy atom. The third kappa shape index (κ3) is 4.71. The number of ether oxygens (including phenoxy) is 1. The van der Waals surface area contributed by atoms with E-state index in [9.17, 15) is 4.79 Å². The van der Waals surface area contributed by atoms with Crippen LogP contribution in [-0.4, -0.2) is 34.2 Å². The highest BCUT2D eigenvalue weighted by Gasteiger charge is 2.15. The summed E-state index contributed by atoms with van der Waals surface area (Å²) in [6, 6.07) is 7.64. The first-order chi connectivity index (χ1) is 11.5. The monoisotopic (exact) mass is 331 g/mol. The smallest absolute Gasteiger partial charge is 0.320 e. The average Bonchev–Trinajstić information content (AvgIpc) is 2.90. The van der Waals surface area contributed by atoms with Crippen molar-refractivity contribution in [2.75, 3.05) is 18.5 Å². The molecule has 1 aromatic carbocycles. The van der Waals surface area contributed by atoms with E-state index >= 15 is 0 Å². The number of amides is 2. The summed E-state index contributed by atoms with van der Waals surface area (Å²) in [5.41, 5.74) is 1.92. The molecule has 7 heteroatoms. The summed E-state index contributed by atoms with van der Waals surface area (Å²) in [5, 5.41) is 13.7. The molecule has 0 aliphatic carbocycles. The molecule has 2 aromatic rings. The summed E-state index contributed by atoms with van der Waals surface area (Å²) in [7, 11) is 1.76. The third-order valence-corrected chi connectivity index (χ3v) is 3.57. The Morgan fingerprint density at radius 1 is 1.29 bits per heavy atom. The van der Waals surface area contributed by atoms with Crippen LogP contribution in [0, 0.1) is 0 Å². The summed E-state index contributed by atoms with van der Waals surface area (Å²) in [5.74, 6) is 1.68. The minimum atomic E-state index is -0.256. The number of carbonyl (C=O) groups is 1. The van der Waals surface area contributed by atoms with Gasteiger partial charge in [-0.1, -0.05) is 31.2 Å². The minimum absolute atomic E-state index is 0.192. The van der Waals surface area contributed by atoms with E-state index in [1.54, 1.807) is 11.7 Å². The second-order valence-electron chi connectivity index (χ2n) is 5.81. The Kier molecular flexibility index (Phi) is 6.17. The molecule has 0 fully saturated rings. The molecule has 2 amide bonds. The normalized spacial score (nSPS) is 10.7. The first-order valence-electron chi connectivity index (χ1n) is 8.17. The van der Waals surface area contributed by atoms with Crippen molar-refractivity contribution in [3.8, 4) is 5.75 Å². The summed E-state index contributed by atoms with van der Waals surface area (Å²) in [6.07, 6.45) is 0.750. The molecule has 2 N–H and O–H groups in total. The molecule has 2 rings (SSSR count). The highest BCUT2D eigenvalue weighted by Crippen LogP contribution is 2.20. The summed E-state index contributed by atoms with van der Waals surface area (Å²) in [6.45, 7) is 7.18. The molecule has 24 heavy (non-hydrogen) atoms. The van der Waals surface area contributed by atoms with Crippen LogP contribution < -0.4 is 15.4 Å². The number of nitrogens with one attached hydrogen (secondary N) is 2. The Bertz CT molecular complexity index is 664. The quantitative estimate of drug-likeness (QED) is 0.817. The van der Waals surface area contributed by atoms with Crippen LogP contribution in [0.15, 0.2) is 24.3 Å². The number of nitrogens with zero attached hydrogens (tertiary/aromatic N) is 3. The Morgan fingerprint density at radius 3 is 2.62 bits per heavy atom. The van der Waals surface area contributed by atoms with Crippen molar-refractivity contribution in [1.29, 1.82) is 0 Å². The van der Waals surface area contributed by atoms with Gasteiger partial charge in [-0.3, -0.25) is 5.32 Å². The molecule has 0 aliphatic heterocycles. The lowest BCUT2D eigenvalue weighted by Gasteiger charge is -2.10. The zero-order valence-electron chi connectivity index (χ0n) is 14.7. The lowest BCUT2D eigenvalue weighted by atomic mass is 10.1. The molecule has 0 saturated carbocycles. The molecule has 0 atom stereocenters. The van der Waals surface area contributed by atoms with Gasteiger partial charge in [0.1, 0.15) is 11.4 Å². The maximum absolute atomic E-state index is 12.1. The van der Waals surface area contributed by atoms with Gasteiger partial charge in [-0.05, 0) is 31.0 Å². The van der Waals surface area contributed by atoms with Gasteiger partial charge in [-0.15, -0.1) is 5.10 Å². The van der Waals surface area contributed by atoms with E-state index in [1.165, 1.54) is 0 Å². The van der Waals surface area contributed by atoms with Crippen molar-refractivity contribution in [2.24, 2.45) is 7.05 Å². The number of aromatic nitrogens is 3. The van der Waals surface area contributed by atoms with Crippen molar-refractivity contribution in [1.82, 2.24) is 20.3 Å². The molecule has 0 aliphatic rings. The van der Waals surface area contributed by atoms with Crippen LogP contribution in [0.2, 0.25) is 0 Å². The Balaban J connectivity index is 1.82. The third-order valence-electron chi connectivity index (χ3n) is 3.57. The van der Waals surface area contributed by atoms with Crippen molar-refractivity contribution in [3.05, 3.63) is 35.5 Å². The van der Waals surface area contributed by atoms with Gasteiger partial charge in [0.25, 0.3) is 0 Å². The lowest BCUT2D eigenvalue weighted by Crippen LogP contribution is -2.31. The zero-order valence-corrected chi connectivity index (χ0v) is 14.7. The van der Waals surface area contributed by atoms with Crippen molar-refractivity contribution in [2.45, 2.75) is 33.1 Å². The van der Waals surface area contributed by atoms with Gasteiger partial charge in [-0.25, -0.2) is 9.48 Å². The predicted octanol–water partition coefficient (Wildman–Crippen LogP) is 2.70. The van der Waals surface area contributed by atoms with E-state index in [2.05, 4.69) is 20.9 Å². The van der Waals surface area contributed by atoms with Crippen molar-refractivity contribution in [3.63, 3.8) is 0 Å². The van der Waals surface area contributed by atoms with E-state index in [0.29, 0.717) is 19.0 Å². The average molecular weight is 331 g/mol. The number of carbonyl (C=O) groups excluding carboxylic acids is 1. The van der Waals surface area contributed by atoms with Crippen molar-refractivity contribution >= 4 is 11.8 Å². The number of anilines is 1. The standard InChI is InChI=1S/C17H25N5O2/c1-5-24-14-8-6-13(7-9-14)10-11-18-17(23)19-16-15(12(2)3)20-21-22(16)4/h6-9,12H,5,10-11H2,1-4H3,(H2,18,19,23). The molecule has 0 spiro atoms. The topological polar surface area (TPSA) is 81.1 Å². The van der Waals surface area contributed by atoms with Gasteiger partial charge in [0.05, 0.1) is 6.61 Å². The minimum Gasteiger partial charge on any atom is -0.494 e. The molecule has 0 unspecified atom stereocenters. The van der Waals surface area contributed by atoms with Gasteiger partial charge in [0.2, 0.25) is 0 Å². The number of rotatable bonds is 7. The van der Waals surface area contributed by atoms with Gasteiger partial charge in [-0.2, -0.15) is 0 Å². The van der Waals surface area contributed by atoms with Crippen LogP contribution in [0.5, 0.6) is 5.75 Å². The Labute approximate surface area is 142 Å². The molecule has 0 saturated heterocycles. The highest BCUT2D eigenvalue weighted by atomic mass is 16.5. The highest BCUT2D eigenvalue weighted by molar-refractivity contribution is 5.88. The van der Waals surface area contributed by atoms with E-state index < -0.39 is 0 Å². The number of benzene rings is 1. The molecule has 130 valence electrons. The maximum Gasteiger partial charge on any atom is 0.320 e. The first kappa shape index (κ1) is 17.8. The van der Waals surface area contributed by atoms with Crippen LogP contribution in [0.1, 0.15) is 37.9 Å². The second-order valence-corrected chi connectivity index (χ2v) is 5.81. The fourth-order valence-electron chi connectivity index (χ4n) is 2.30. The Hall–Kier alpha value is -2.57. The molecule has 1 heterocycles. The van der Waals surface area contributed by atoms with Crippen LogP contribution in [0.4, 0.5) is 10.6 Å². The number of hydrogen-bond donors (Lipinski definition) is 2. The van der Waals surface area contributed by atoms with Crippen LogP contribution in [0.25, 0.3) is 0 Å². The molecular formula is C17H25N5O2. The lowest BCUT2D eigenvalue weighted by molar-refractivity contribution is 0.252. The number of hydrogen-bond acceptors (Lipinski definition) is 4. The largest absolute Gasteiger partial charge is 0.494 e. The molecule has 1 aromatic heterocycles. The molecule has 7 nitrogen and oxygen atoms in total. The zero-order chi connectivity index (χ0) is 17.5. The van der Waals surface area contributed by atoms with Gasteiger partial charge in [0.15, 0.2) is 5.82 Å². The van der Waals surface area contributed by atoms with Crippen LogP contribution in [-0.2, 0) is 13.5 Å². The molecule has 0 bridgehead atoms. The van der Waals surface area contributed by atoms with Gasteiger partial charge < -0.3 is 10.1 Å². The first-order valence-corrected chi connectivity index (χ1v) is 8.17. The number of aryl methyl sites for hydroxylation is 1. The van der Waals surface area contributed by atoms with Gasteiger partial charge >= 0.3 is 6.03 Å². The van der Waals surface area contributed by atoms with Crippen LogP contribution in [0.3, 0.4) is 0 Å². The SMILES string of the molecule is CCOc1ccc(CCNC(=O)Nc2c(C(C)C)nnn2C)cc1. The van der Waals surface area contributed by atoms with E-state index in [0.717, 1.165) is 23.4 Å². The van der Waals surface area contributed by atoms with Gasteiger partial charge in [0, 0.05) is 19.5 Å². The fraction of sp³-hybridized carbons (Fsp3) is 0.471. The second kappa shape index (κ2) is 8.33. The molecular weight excluding hydrogens is 306 g/mol. The van der Waals surface area contributed by atoms with Crippen LogP contribution >= 0.6 is 0 Å².